The number of rotatable bonds is 6. The number of fused-ring (bicyclic) bond motifs is 3. The Hall–Kier alpha value is -6.65. The summed E-state index contributed by atoms with van der Waals surface area (Å²) in [5.41, 5.74) is 7.30. The van der Waals surface area contributed by atoms with Crippen LogP contribution in [-0.2, 0) is 0 Å². The van der Waals surface area contributed by atoms with E-state index in [-0.39, 0.29) is 40.7 Å². The van der Waals surface area contributed by atoms with Crippen molar-refractivity contribution in [1.29, 1.82) is 0 Å². The van der Waals surface area contributed by atoms with Crippen LogP contribution < -0.4 is 0 Å². The molecule has 0 amide bonds. The average Bonchev–Trinajstić information content (AvgIpc) is 3.61. The summed E-state index contributed by atoms with van der Waals surface area (Å²) in [4.78, 5) is 14.4. The van der Waals surface area contributed by atoms with Crippen LogP contribution in [0.25, 0.3) is 89.5 Å². The predicted octanol–water partition coefficient (Wildman–Crippen LogP) is 11.8. The first-order valence-electron chi connectivity index (χ1n) is 19.3. The van der Waals surface area contributed by atoms with Gasteiger partial charge < -0.3 is 4.42 Å². The van der Waals surface area contributed by atoms with Gasteiger partial charge in [0.25, 0.3) is 0 Å². The number of aromatic nitrogens is 3. The second-order valence-electron chi connectivity index (χ2n) is 11.5. The number of hydrogen-bond donors (Lipinski definition) is 0. The van der Waals surface area contributed by atoms with Crippen molar-refractivity contribution in [2.75, 3.05) is 0 Å². The molecule has 4 nitrogen and oxygen atoms in total. The molecule has 2 aromatic heterocycles. The molecule has 0 fully saturated rings. The summed E-state index contributed by atoms with van der Waals surface area (Å²) < 4.78 is 66.9. The molecule has 9 rings (SSSR count). The SMILES string of the molecule is [2H]c1ccc2oc3c(-c4ccccc4)cc([2H])c(-c4nc(-c5ccc(-c6cccc(-c7ccccc7)c6)cc5)nc(-c5c([2H])c([2H])c([2H])c([2H])c5[2H])n4)c3c2c1. The van der Waals surface area contributed by atoms with E-state index < -0.39 is 30.2 Å². The lowest BCUT2D eigenvalue weighted by Gasteiger charge is -2.11. The fraction of sp³-hybridized carbons (Fsp3) is 0. The summed E-state index contributed by atoms with van der Waals surface area (Å²) >= 11 is 0. The molecule has 0 atom stereocenters. The van der Waals surface area contributed by atoms with Crippen molar-refractivity contribution in [2.45, 2.75) is 0 Å². The number of benzene rings is 7. The Balaban J connectivity index is 1.28. The van der Waals surface area contributed by atoms with Crippen LogP contribution in [0, 0.1) is 0 Å². The van der Waals surface area contributed by atoms with Crippen molar-refractivity contribution in [1.82, 2.24) is 15.0 Å². The first-order valence-corrected chi connectivity index (χ1v) is 15.8. The highest BCUT2D eigenvalue weighted by Gasteiger charge is 2.20. The van der Waals surface area contributed by atoms with Crippen LogP contribution in [0.2, 0.25) is 0 Å². The van der Waals surface area contributed by atoms with E-state index in [0.29, 0.717) is 33.1 Å². The first kappa shape index (κ1) is 22.0. The molecule has 4 heteroatoms. The molecule has 7 aromatic carbocycles. The Morgan fingerprint density at radius 3 is 1.76 bits per heavy atom. The molecule has 0 unspecified atom stereocenters. The van der Waals surface area contributed by atoms with Crippen molar-refractivity contribution in [3.05, 3.63) is 176 Å². The fourth-order valence-corrected chi connectivity index (χ4v) is 6.12. The summed E-state index contributed by atoms with van der Waals surface area (Å²) in [5, 5.41) is 1.10. The molecule has 0 saturated carbocycles. The molecule has 230 valence electrons. The standard InChI is InChI=1S/C45H29N3O/c1-4-13-30(14-5-1)35-19-12-20-36(29-35)31-23-25-34(26-24-31)44-46-43(33-17-8-3-9-18-33)47-45(48-44)39-28-27-37(32-15-6-2-7-16-32)42-41(39)38-21-10-11-22-40(38)49-42/h1-29H/i3D,8D,9D,10D,17D,18D,28D. The Labute approximate surface area is 293 Å². The zero-order valence-electron chi connectivity index (χ0n) is 33.0. The molecule has 0 radical (unpaired) electrons. The maximum absolute atomic E-state index is 9.43. The lowest BCUT2D eigenvalue weighted by molar-refractivity contribution is 0.670. The minimum absolute atomic E-state index is 0.0455. The smallest absolute Gasteiger partial charge is 0.164 e. The van der Waals surface area contributed by atoms with Gasteiger partial charge in [0.2, 0.25) is 0 Å². The zero-order valence-corrected chi connectivity index (χ0v) is 26.0. The van der Waals surface area contributed by atoms with Gasteiger partial charge in [-0.1, -0.05) is 152 Å². The van der Waals surface area contributed by atoms with Crippen LogP contribution in [0.5, 0.6) is 0 Å². The summed E-state index contributed by atoms with van der Waals surface area (Å²) in [6.07, 6.45) is 0. The molecule has 9 aromatic rings. The van der Waals surface area contributed by atoms with Crippen LogP contribution in [0.4, 0.5) is 0 Å². The summed E-state index contributed by atoms with van der Waals surface area (Å²) in [5.74, 6) is 0.0783. The van der Waals surface area contributed by atoms with E-state index >= 15 is 0 Å². The van der Waals surface area contributed by atoms with E-state index in [1.165, 1.54) is 0 Å². The third kappa shape index (κ3) is 5.35. The van der Waals surface area contributed by atoms with Crippen molar-refractivity contribution in [3.8, 4) is 67.5 Å². The van der Waals surface area contributed by atoms with Crippen LogP contribution in [0.15, 0.2) is 180 Å². The highest BCUT2D eigenvalue weighted by atomic mass is 16.3. The van der Waals surface area contributed by atoms with Crippen LogP contribution in [-0.4, -0.2) is 15.0 Å². The van der Waals surface area contributed by atoms with Gasteiger partial charge in [0.1, 0.15) is 11.2 Å². The number of furan rings is 1. The minimum Gasteiger partial charge on any atom is -0.455 e. The lowest BCUT2D eigenvalue weighted by Crippen LogP contribution is -2.00. The van der Waals surface area contributed by atoms with E-state index in [1.807, 2.05) is 84.9 Å². The molecule has 49 heavy (non-hydrogen) atoms. The maximum Gasteiger partial charge on any atom is 0.164 e. The van der Waals surface area contributed by atoms with Gasteiger partial charge >= 0.3 is 0 Å². The number of para-hydroxylation sites is 1. The molecule has 2 heterocycles. The summed E-state index contributed by atoms with van der Waals surface area (Å²) in [6, 6.07) is 40.1. The van der Waals surface area contributed by atoms with Gasteiger partial charge in [-0.05, 0) is 52.1 Å². The zero-order chi connectivity index (χ0) is 38.7. The van der Waals surface area contributed by atoms with E-state index in [0.717, 1.165) is 27.8 Å². The Morgan fingerprint density at radius 1 is 0.408 bits per heavy atom. The van der Waals surface area contributed by atoms with Crippen LogP contribution in [0.1, 0.15) is 9.60 Å². The first-order chi connectivity index (χ1) is 27.2. The maximum atomic E-state index is 9.43. The largest absolute Gasteiger partial charge is 0.455 e. The monoisotopic (exact) mass is 634 g/mol. The van der Waals surface area contributed by atoms with Crippen molar-refractivity contribution in [2.24, 2.45) is 0 Å². The van der Waals surface area contributed by atoms with Gasteiger partial charge in [-0.3, -0.25) is 0 Å². The quantitative estimate of drug-likeness (QED) is 0.183. The Morgan fingerprint density at radius 2 is 1.02 bits per heavy atom. The molecule has 0 aliphatic heterocycles. The second-order valence-corrected chi connectivity index (χ2v) is 11.5. The van der Waals surface area contributed by atoms with E-state index in [1.54, 1.807) is 24.3 Å². The van der Waals surface area contributed by atoms with E-state index in [4.69, 9.17) is 27.6 Å². The van der Waals surface area contributed by atoms with Gasteiger partial charge in [0, 0.05) is 33.0 Å². The summed E-state index contributed by atoms with van der Waals surface area (Å²) in [6.45, 7) is 0. The van der Waals surface area contributed by atoms with Gasteiger partial charge in [-0.15, -0.1) is 0 Å². The fourth-order valence-electron chi connectivity index (χ4n) is 6.12. The summed E-state index contributed by atoms with van der Waals surface area (Å²) in [7, 11) is 0. The van der Waals surface area contributed by atoms with E-state index in [9.17, 15) is 1.37 Å². The van der Waals surface area contributed by atoms with Gasteiger partial charge in [-0.25, -0.2) is 15.0 Å². The lowest BCUT2D eigenvalue weighted by atomic mass is 9.98. The normalized spacial score (nSPS) is 13.3. The number of hydrogen-bond acceptors (Lipinski definition) is 4. The molecule has 0 aliphatic carbocycles. The number of nitrogens with zero attached hydrogens (tertiary/aromatic N) is 3. The molecular weight excluding hydrogens is 599 g/mol. The predicted molar refractivity (Wildman–Crippen MR) is 200 cm³/mol. The third-order valence-electron chi connectivity index (χ3n) is 8.50. The highest BCUT2D eigenvalue weighted by Crippen LogP contribution is 2.41. The topological polar surface area (TPSA) is 51.8 Å². The molecule has 0 spiro atoms. The van der Waals surface area contributed by atoms with Crippen molar-refractivity contribution >= 4 is 21.9 Å². The molecule has 0 aliphatic rings. The average molecular weight is 635 g/mol. The Kier molecular flexibility index (Phi) is 5.47. The van der Waals surface area contributed by atoms with Crippen molar-refractivity contribution in [3.63, 3.8) is 0 Å². The molecule has 0 saturated heterocycles. The minimum atomic E-state index is -0.534. The molecular formula is C45H29N3O. The second kappa shape index (κ2) is 12.2. The van der Waals surface area contributed by atoms with Gasteiger partial charge in [0.05, 0.1) is 9.60 Å². The van der Waals surface area contributed by atoms with E-state index in [2.05, 4.69) is 24.3 Å². The van der Waals surface area contributed by atoms with Crippen LogP contribution in [0.3, 0.4) is 0 Å². The highest BCUT2D eigenvalue weighted by molar-refractivity contribution is 6.15. The van der Waals surface area contributed by atoms with Crippen LogP contribution >= 0.6 is 0 Å². The van der Waals surface area contributed by atoms with Crippen molar-refractivity contribution < 1.29 is 14.0 Å². The molecule has 0 N–H and O–H groups in total. The Bertz CT molecular complexity index is 2960. The van der Waals surface area contributed by atoms with Gasteiger partial charge in [0.15, 0.2) is 17.5 Å². The molecule has 0 bridgehead atoms. The van der Waals surface area contributed by atoms with Gasteiger partial charge in [-0.2, -0.15) is 0 Å². The third-order valence-corrected chi connectivity index (χ3v) is 8.50.